The number of hydrogen-bond acceptors (Lipinski definition) is 13. The fraction of sp³-hybridized carbons (Fsp3) is 0.338. The molecular weight excluding hydrogens is 1080 g/mol. The molecule has 4 unspecified atom stereocenters. The van der Waals surface area contributed by atoms with Crippen molar-refractivity contribution in [1.82, 2.24) is 14.7 Å². The number of amides is 5. The number of nitrogens with two attached hydrogens (primary N) is 1. The predicted octanol–water partition coefficient (Wildman–Crippen LogP) is 11.9. The maximum atomic E-state index is 13.6. The molecule has 4 atom stereocenters. The molecule has 0 aromatic heterocycles. The van der Waals surface area contributed by atoms with Gasteiger partial charge in [-0.3, -0.25) is 33.8 Å². The third-order valence-electron chi connectivity index (χ3n) is 13.4. The van der Waals surface area contributed by atoms with E-state index >= 15 is 0 Å². The Bertz CT molecular complexity index is 2870. The highest BCUT2D eigenvalue weighted by atomic mass is 32.2. The number of imide groups is 2. The van der Waals surface area contributed by atoms with Crippen LogP contribution < -0.4 is 5.73 Å². The van der Waals surface area contributed by atoms with E-state index in [9.17, 15) is 33.6 Å². The maximum absolute atomic E-state index is 13.6. The molecule has 13 nitrogen and oxygen atoms in total. The molecule has 3 aliphatic heterocycles. The lowest BCUT2D eigenvalue weighted by atomic mass is 10.0. The Morgan fingerprint density at radius 3 is 1.20 bits per heavy atom. The van der Waals surface area contributed by atoms with Crippen LogP contribution in [-0.4, -0.2) is 116 Å². The number of benzene rings is 6. The van der Waals surface area contributed by atoms with Gasteiger partial charge in [-0.15, -0.1) is 0 Å². The van der Waals surface area contributed by atoms with Crippen LogP contribution >= 0.6 is 36.2 Å². The number of carbonyl (C=O) groups is 7. The first kappa shape index (κ1) is 64.8. The van der Waals surface area contributed by atoms with Crippen molar-refractivity contribution in [3.05, 3.63) is 214 Å². The topological polar surface area (TPSA) is 174 Å². The van der Waals surface area contributed by atoms with Crippen LogP contribution in [0.15, 0.2) is 170 Å². The van der Waals surface area contributed by atoms with Crippen LogP contribution in [-0.2, 0) is 23.9 Å². The molecule has 1 saturated heterocycles. The molecule has 5 amide bonds. The largest absolute Gasteiger partial charge is 0.451 e. The Labute approximate surface area is 492 Å². The molecule has 6 aromatic rings. The van der Waals surface area contributed by atoms with Gasteiger partial charge < -0.3 is 20.1 Å². The van der Waals surface area contributed by atoms with Crippen LogP contribution in [0.1, 0.15) is 131 Å². The first-order chi connectivity index (χ1) is 38.5. The molecule has 0 radical (unpaired) electrons. The molecule has 0 saturated carbocycles. The van der Waals surface area contributed by atoms with Crippen molar-refractivity contribution >= 4 is 77.6 Å². The second-order valence-corrected chi connectivity index (χ2v) is 22.7. The Kier molecular flexibility index (Phi) is 25.5. The average molecular weight is 1150 g/mol. The van der Waals surface area contributed by atoms with E-state index in [0.29, 0.717) is 23.1 Å². The van der Waals surface area contributed by atoms with E-state index in [-0.39, 0.29) is 42.0 Å². The van der Waals surface area contributed by atoms with Gasteiger partial charge in [0.15, 0.2) is 12.2 Å². The fourth-order valence-corrected chi connectivity index (χ4v) is 11.0. The lowest BCUT2D eigenvalue weighted by Crippen LogP contribution is -2.47. The molecule has 0 spiro atoms. The maximum Gasteiger partial charge on any atom is 0.331 e. The third-order valence-corrected chi connectivity index (χ3v) is 16.5. The molecule has 6 aromatic carbocycles. The molecule has 1 fully saturated rings. The van der Waals surface area contributed by atoms with Gasteiger partial charge >= 0.3 is 11.9 Å². The zero-order valence-electron chi connectivity index (χ0n) is 46.4. The molecule has 0 aliphatic carbocycles. The molecule has 9 rings (SSSR count). The molecule has 16 heteroatoms. The summed E-state index contributed by atoms with van der Waals surface area (Å²) < 4.78 is 11.9. The summed E-state index contributed by atoms with van der Waals surface area (Å²) in [4.78, 5) is 93.8. The highest BCUT2D eigenvalue weighted by molar-refractivity contribution is 7.99. The second-order valence-electron chi connectivity index (χ2n) is 20.2. The van der Waals surface area contributed by atoms with Crippen molar-refractivity contribution in [3.63, 3.8) is 0 Å². The van der Waals surface area contributed by atoms with Crippen molar-refractivity contribution in [2.24, 2.45) is 17.6 Å². The summed E-state index contributed by atoms with van der Waals surface area (Å²) in [6, 6.07) is 48.7. The molecular formula is C65H76N4O9S3. The van der Waals surface area contributed by atoms with E-state index in [1.807, 2.05) is 135 Å². The minimum atomic E-state index is -1.13. The summed E-state index contributed by atoms with van der Waals surface area (Å²) in [7, 11) is 1.82. The minimum absolute atomic E-state index is 0. The zero-order chi connectivity index (χ0) is 57.9. The van der Waals surface area contributed by atoms with E-state index in [1.165, 1.54) is 18.2 Å². The number of likely N-dealkylation sites (N-methyl/N-ethyl adjacent to an activating group) is 1. The highest BCUT2D eigenvalue weighted by Crippen LogP contribution is 2.33. The quantitative estimate of drug-likeness (QED) is 0.0534. The number of nitrogens with zero attached hydrogens (tertiary/aromatic N) is 3. The van der Waals surface area contributed by atoms with Crippen molar-refractivity contribution in [3.8, 4) is 0 Å². The third kappa shape index (κ3) is 17.0. The average Bonchev–Trinajstić information content (AvgIpc) is 3.83. The van der Waals surface area contributed by atoms with Gasteiger partial charge in [0.25, 0.3) is 23.6 Å². The fourth-order valence-electron chi connectivity index (χ4n) is 8.49. The number of rotatable bonds is 16. The van der Waals surface area contributed by atoms with E-state index in [4.69, 9.17) is 15.2 Å². The Balaban J connectivity index is 0.000000233. The first-order valence-corrected chi connectivity index (χ1v) is 29.8. The van der Waals surface area contributed by atoms with Crippen LogP contribution in [0, 0.1) is 11.8 Å². The zero-order valence-corrected chi connectivity index (χ0v) is 48.9. The van der Waals surface area contributed by atoms with Crippen molar-refractivity contribution in [2.75, 3.05) is 35.8 Å². The lowest BCUT2D eigenvalue weighted by molar-refractivity contribution is -0.152. The number of ether oxygens (including phenoxy) is 2. The predicted molar refractivity (Wildman–Crippen MR) is 329 cm³/mol. The Hall–Kier alpha value is -6.98. The van der Waals surface area contributed by atoms with Crippen LogP contribution in [0.3, 0.4) is 0 Å². The summed E-state index contributed by atoms with van der Waals surface area (Å²) in [6.45, 7) is 12.9. The number of thiol groups is 1. The monoisotopic (exact) mass is 1150 g/mol. The van der Waals surface area contributed by atoms with Crippen molar-refractivity contribution < 1.29 is 43.0 Å². The normalized spacial score (nSPS) is 16.2. The summed E-state index contributed by atoms with van der Waals surface area (Å²) in [5, 5.41) is 0. The number of thioether (sulfide) groups is 2. The number of esters is 2. The number of carbonyl (C=O) groups excluding carboxylic acids is 7. The van der Waals surface area contributed by atoms with Gasteiger partial charge in [0.2, 0.25) is 5.91 Å². The lowest BCUT2D eigenvalue weighted by Gasteiger charge is -2.27. The minimum Gasteiger partial charge on any atom is -0.451 e. The van der Waals surface area contributed by atoms with Crippen LogP contribution in [0.2, 0.25) is 0 Å². The summed E-state index contributed by atoms with van der Waals surface area (Å²) in [5.74, 6) is 0.942. The van der Waals surface area contributed by atoms with Gasteiger partial charge in [-0.1, -0.05) is 194 Å². The van der Waals surface area contributed by atoms with Crippen LogP contribution in [0.5, 0.6) is 0 Å². The summed E-state index contributed by atoms with van der Waals surface area (Å²) in [6.07, 6.45) is -0.0138. The summed E-state index contributed by atoms with van der Waals surface area (Å²) in [5.41, 5.74) is 10.0. The summed E-state index contributed by atoms with van der Waals surface area (Å²) >= 11 is 7.53. The van der Waals surface area contributed by atoms with Gasteiger partial charge in [-0.25, -0.2) is 9.59 Å². The Morgan fingerprint density at radius 2 is 0.877 bits per heavy atom. The van der Waals surface area contributed by atoms with Gasteiger partial charge in [-0.2, -0.15) is 36.2 Å². The molecule has 81 heavy (non-hydrogen) atoms. The molecule has 3 aliphatic rings. The van der Waals surface area contributed by atoms with Crippen molar-refractivity contribution in [2.45, 2.75) is 91.8 Å². The standard InChI is InChI=1S/C28H27NO4S.C24H19NO4S.C7H14N2OS.C5H12.CH4/c1-19(2)17-34-18-24(29-26(30)22-15-9-10-16-23(22)27(29)31)28(32)33-25(20-11-5-3-6-12-20)21-13-7-4-8-14-21;26-22-18-13-7-8-14-19(18)23(27)25(22)20(15-30)24(28)29-21(16-9-3-1-4-10-16)17-11-5-2-6-12-17;1-5-3-11-4-6(8)7(10)9(5)2;1-4-5(2)3;/h3-16,19,24-25H,17-18H2,1-2H3;1-14,20-21,30H,15H2;5-6H,3-4,8H2,1-2H3;5H,4H2,1-3H3;1H4. The van der Waals surface area contributed by atoms with Crippen LogP contribution in [0.25, 0.3) is 0 Å². The number of hydrogen-bond donors (Lipinski definition) is 2. The number of fused-ring (bicyclic) bond motifs is 2. The van der Waals surface area contributed by atoms with E-state index in [1.54, 1.807) is 65.2 Å². The Morgan fingerprint density at radius 1 is 0.556 bits per heavy atom. The first-order valence-electron chi connectivity index (χ1n) is 26.8. The molecule has 0 bridgehead atoms. The van der Waals surface area contributed by atoms with Gasteiger partial charge in [0.05, 0.1) is 28.3 Å². The molecule has 428 valence electrons. The van der Waals surface area contributed by atoms with Gasteiger partial charge in [-0.05, 0) is 71.0 Å². The van der Waals surface area contributed by atoms with Crippen molar-refractivity contribution in [1.29, 1.82) is 0 Å². The van der Waals surface area contributed by atoms with E-state index in [0.717, 1.165) is 55.2 Å². The highest BCUT2D eigenvalue weighted by Gasteiger charge is 2.45. The van der Waals surface area contributed by atoms with Gasteiger partial charge in [0, 0.05) is 36.1 Å². The smallest absolute Gasteiger partial charge is 0.331 e. The molecule has 3 heterocycles. The second kappa shape index (κ2) is 31.9. The SMILES string of the molecule is C.CC(C)CSCC(C(=O)OC(c1ccccc1)c1ccccc1)N1C(=O)c2ccccc2C1=O.CC1CSCC(N)C(=O)N1C.CCC(C)C.O=C(OC(c1ccccc1)c1ccccc1)C(CS)N1C(=O)c2ccccc2C1=O. The van der Waals surface area contributed by atoms with Crippen LogP contribution in [0.4, 0.5) is 0 Å². The van der Waals surface area contributed by atoms with E-state index in [2.05, 4.69) is 47.2 Å². The van der Waals surface area contributed by atoms with E-state index < -0.39 is 59.9 Å². The molecule has 2 N–H and O–H groups in total. The van der Waals surface area contributed by atoms with Gasteiger partial charge in [0.1, 0.15) is 12.1 Å².